The van der Waals surface area contributed by atoms with Crippen LogP contribution in [-0.2, 0) is 9.53 Å². The summed E-state index contributed by atoms with van der Waals surface area (Å²) >= 11 is 3.03. The second kappa shape index (κ2) is 7.97. The lowest BCUT2D eigenvalue weighted by atomic mass is 10.1. The Morgan fingerprint density at radius 2 is 2.04 bits per heavy atom. The van der Waals surface area contributed by atoms with Crippen LogP contribution < -0.4 is 0 Å². The number of thiophene rings is 1. The minimum Gasteiger partial charge on any atom is -0.465 e. The molecule has 0 amide bonds. The van der Waals surface area contributed by atoms with Crippen LogP contribution in [0.4, 0.5) is 0 Å². The van der Waals surface area contributed by atoms with E-state index in [-0.39, 0.29) is 11.2 Å². The number of fused-ring (bicyclic) bond motifs is 1. The van der Waals surface area contributed by atoms with Gasteiger partial charge >= 0.3 is 5.97 Å². The summed E-state index contributed by atoms with van der Waals surface area (Å²) in [5.74, 6) is -0.203. The first kappa shape index (κ1) is 17.9. The molecule has 2 aromatic heterocycles. The van der Waals surface area contributed by atoms with Crippen LogP contribution in [0, 0.1) is 6.92 Å². The number of rotatable bonds is 6. The van der Waals surface area contributed by atoms with Gasteiger partial charge in [-0.3, -0.25) is 4.79 Å². The number of aryl methyl sites for hydroxylation is 1. The lowest BCUT2D eigenvalue weighted by Gasteiger charge is -2.11. The lowest BCUT2D eigenvalue weighted by Crippen LogP contribution is -2.17. The highest BCUT2D eigenvalue weighted by Gasteiger charge is 2.20. The molecule has 130 valence electrons. The van der Waals surface area contributed by atoms with Crippen molar-refractivity contribution in [2.75, 3.05) is 6.61 Å². The molecule has 0 saturated carbocycles. The van der Waals surface area contributed by atoms with Gasteiger partial charge in [-0.05, 0) is 25.8 Å². The van der Waals surface area contributed by atoms with Crippen LogP contribution in [0.3, 0.4) is 0 Å². The summed E-state index contributed by atoms with van der Waals surface area (Å²) in [6, 6.07) is 8.41. The summed E-state index contributed by atoms with van der Waals surface area (Å²) in [7, 11) is 0. The predicted octanol–water partition coefficient (Wildman–Crippen LogP) is 5.10. The summed E-state index contributed by atoms with van der Waals surface area (Å²) in [5.41, 5.74) is 3.47. The second-order valence-electron chi connectivity index (χ2n) is 5.80. The number of benzene rings is 1. The number of hydrogen-bond acceptors (Lipinski definition) is 6. The van der Waals surface area contributed by atoms with Gasteiger partial charge in [0, 0.05) is 10.9 Å². The van der Waals surface area contributed by atoms with Crippen LogP contribution in [0.5, 0.6) is 0 Å². The van der Waals surface area contributed by atoms with E-state index in [9.17, 15) is 4.79 Å². The zero-order valence-electron chi connectivity index (χ0n) is 14.5. The summed E-state index contributed by atoms with van der Waals surface area (Å²) in [6.07, 6.45) is 2.38. The minimum atomic E-state index is -0.310. The average Bonchev–Trinajstić information content (AvgIpc) is 3.05. The molecule has 0 aliphatic rings. The van der Waals surface area contributed by atoms with E-state index in [4.69, 9.17) is 4.74 Å². The first-order valence-corrected chi connectivity index (χ1v) is 9.98. The molecular weight excluding hydrogens is 352 g/mol. The molecule has 2 heterocycles. The fourth-order valence-electron chi connectivity index (χ4n) is 2.42. The Morgan fingerprint density at radius 1 is 1.28 bits per heavy atom. The van der Waals surface area contributed by atoms with Crippen molar-refractivity contribution >= 4 is 39.3 Å². The van der Waals surface area contributed by atoms with Gasteiger partial charge in [0.05, 0.1) is 12.0 Å². The van der Waals surface area contributed by atoms with E-state index in [1.54, 1.807) is 17.7 Å². The number of esters is 1. The first-order chi connectivity index (χ1) is 12.1. The fraction of sp³-hybridized carbons (Fsp3) is 0.316. The van der Waals surface area contributed by atoms with Crippen molar-refractivity contribution in [3.8, 4) is 11.1 Å². The molecule has 25 heavy (non-hydrogen) atoms. The molecule has 6 heteroatoms. The predicted molar refractivity (Wildman–Crippen MR) is 104 cm³/mol. The molecule has 0 spiro atoms. The molecule has 4 nitrogen and oxygen atoms in total. The fourth-order valence-corrected chi connectivity index (χ4v) is 4.33. The van der Waals surface area contributed by atoms with Crippen LogP contribution in [0.2, 0.25) is 0 Å². The van der Waals surface area contributed by atoms with E-state index in [2.05, 4.69) is 46.5 Å². The molecular formula is C19H20N2O2S2. The van der Waals surface area contributed by atoms with Crippen molar-refractivity contribution in [2.24, 2.45) is 0 Å². The van der Waals surface area contributed by atoms with E-state index >= 15 is 0 Å². The quantitative estimate of drug-likeness (QED) is 0.342. The molecule has 0 bridgehead atoms. The summed E-state index contributed by atoms with van der Waals surface area (Å²) in [6.45, 7) is 6.37. The molecule has 0 N–H and O–H groups in total. The standard InChI is InChI=1S/C19H20N2O2S2/c1-4-9-23-19(22)13(3)25-18-16-15(10-24-17(16)20-11-21-18)14-7-5-12(2)6-8-14/h5-8,10-11,13H,4,9H2,1-3H3. The maximum atomic E-state index is 12.1. The van der Waals surface area contributed by atoms with Gasteiger partial charge in [0.1, 0.15) is 21.4 Å². The third-order valence-corrected chi connectivity index (χ3v) is 5.73. The molecule has 0 fully saturated rings. The highest BCUT2D eigenvalue weighted by molar-refractivity contribution is 8.00. The van der Waals surface area contributed by atoms with E-state index < -0.39 is 0 Å². The molecule has 0 aliphatic carbocycles. The van der Waals surface area contributed by atoms with Crippen LogP contribution >= 0.6 is 23.1 Å². The number of hydrogen-bond donors (Lipinski definition) is 0. The van der Waals surface area contributed by atoms with Gasteiger partial charge in [-0.15, -0.1) is 11.3 Å². The number of carbonyl (C=O) groups is 1. The maximum Gasteiger partial charge on any atom is 0.319 e. The topological polar surface area (TPSA) is 52.1 Å². The number of carbonyl (C=O) groups excluding carboxylic acids is 1. The molecule has 0 saturated heterocycles. The Labute approximate surface area is 155 Å². The van der Waals surface area contributed by atoms with E-state index in [0.717, 1.165) is 32.8 Å². The van der Waals surface area contributed by atoms with Crippen molar-refractivity contribution in [3.05, 3.63) is 41.5 Å². The van der Waals surface area contributed by atoms with Crippen molar-refractivity contribution in [1.82, 2.24) is 9.97 Å². The molecule has 1 aromatic carbocycles. The Kier molecular flexibility index (Phi) is 5.71. The third kappa shape index (κ3) is 4.02. The van der Waals surface area contributed by atoms with E-state index in [0.29, 0.717) is 6.61 Å². The van der Waals surface area contributed by atoms with Crippen molar-refractivity contribution < 1.29 is 9.53 Å². The molecule has 0 radical (unpaired) electrons. The van der Waals surface area contributed by atoms with Gasteiger partial charge in [-0.25, -0.2) is 9.97 Å². The van der Waals surface area contributed by atoms with Crippen LogP contribution in [0.15, 0.2) is 41.0 Å². The van der Waals surface area contributed by atoms with Crippen LogP contribution in [-0.4, -0.2) is 27.8 Å². The second-order valence-corrected chi connectivity index (χ2v) is 7.99. The summed E-state index contributed by atoms with van der Waals surface area (Å²) < 4.78 is 5.25. The zero-order valence-corrected chi connectivity index (χ0v) is 16.1. The SMILES string of the molecule is CCCOC(=O)C(C)Sc1ncnc2scc(-c3ccc(C)cc3)c12. The van der Waals surface area contributed by atoms with Crippen LogP contribution in [0.25, 0.3) is 21.3 Å². The Hall–Kier alpha value is -1.92. The van der Waals surface area contributed by atoms with Gasteiger partial charge in [0.2, 0.25) is 0 Å². The van der Waals surface area contributed by atoms with Gasteiger partial charge in [-0.1, -0.05) is 48.5 Å². The molecule has 0 aliphatic heterocycles. The third-order valence-electron chi connectivity index (χ3n) is 3.77. The van der Waals surface area contributed by atoms with E-state index in [1.165, 1.54) is 17.3 Å². The number of thioether (sulfide) groups is 1. The largest absolute Gasteiger partial charge is 0.465 e. The van der Waals surface area contributed by atoms with Crippen molar-refractivity contribution in [2.45, 2.75) is 37.5 Å². The van der Waals surface area contributed by atoms with Crippen molar-refractivity contribution in [1.29, 1.82) is 0 Å². The zero-order chi connectivity index (χ0) is 17.8. The van der Waals surface area contributed by atoms with E-state index in [1.807, 2.05) is 13.8 Å². The van der Waals surface area contributed by atoms with Crippen LogP contribution in [0.1, 0.15) is 25.8 Å². The Bertz CT molecular complexity index is 875. The Balaban J connectivity index is 1.94. The monoisotopic (exact) mass is 372 g/mol. The maximum absolute atomic E-state index is 12.1. The molecule has 3 aromatic rings. The number of ether oxygens (including phenoxy) is 1. The first-order valence-electron chi connectivity index (χ1n) is 8.22. The van der Waals surface area contributed by atoms with Gasteiger partial charge in [0.25, 0.3) is 0 Å². The molecule has 3 rings (SSSR count). The Morgan fingerprint density at radius 3 is 2.76 bits per heavy atom. The number of aromatic nitrogens is 2. The van der Waals surface area contributed by atoms with Gasteiger partial charge in [-0.2, -0.15) is 0 Å². The van der Waals surface area contributed by atoms with Crippen molar-refractivity contribution in [3.63, 3.8) is 0 Å². The molecule has 1 unspecified atom stereocenters. The normalized spacial score (nSPS) is 12.3. The van der Waals surface area contributed by atoms with Gasteiger partial charge in [0.15, 0.2) is 0 Å². The van der Waals surface area contributed by atoms with Gasteiger partial charge < -0.3 is 4.74 Å². The summed E-state index contributed by atoms with van der Waals surface area (Å²) in [4.78, 5) is 21.8. The molecule has 1 atom stereocenters. The highest BCUT2D eigenvalue weighted by atomic mass is 32.2. The minimum absolute atomic E-state index is 0.203. The number of nitrogens with zero attached hydrogens (tertiary/aromatic N) is 2. The average molecular weight is 373 g/mol. The highest BCUT2D eigenvalue weighted by Crippen LogP contribution is 2.39. The summed E-state index contributed by atoms with van der Waals surface area (Å²) in [5, 5.41) is 3.63. The smallest absolute Gasteiger partial charge is 0.319 e. The lowest BCUT2D eigenvalue weighted by molar-refractivity contribution is -0.142.